The van der Waals surface area contributed by atoms with Gasteiger partial charge in [-0.05, 0) is 61.3 Å². The van der Waals surface area contributed by atoms with E-state index in [1.165, 1.54) is 33.1 Å². The Morgan fingerprint density at radius 1 is 1.18 bits per heavy atom. The van der Waals surface area contributed by atoms with Crippen molar-refractivity contribution in [1.82, 2.24) is 4.98 Å². The number of thiazole rings is 1. The minimum absolute atomic E-state index is 0. The zero-order valence-electron chi connectivity index (χ0n) is 12.5. The smallest absolute Gasteiger partial charge is 0.157 e. The Bertz CT molecular complexity index is 713. The van der Waals surface area contributed by atoms with Gasteiger partial charge in [0.15, 0.2) is 11.5 Å². The molecule has 1 heterocycles. The molecule has 2 aliphatic rings. The summed E-state index contributed by atoms with van der Waals surface area (Å²) in [5, 5.41) is 20.9. The predicted molar refractivity (Wildman–Crippen MR) is 93.6 cm³/mol. The van der Waals surface area contributed by atoms with E-state index in [1.54, 1.807) is 12.1 Å². The van der Waals surface area contributed by atoms with Crippen molar-refractivity contribution in [3.05, 3.63) is 38.8 Å². The van der Waals surface area contributed by atoms with Gasteiger partial charge < -0.3 is 10.2 Å². The molecule has 3 nitrogen and oxygen atoms in total. The fraction of sp³-hybridized carbons (Fsp3) is 0.471. The van der Waals surface area contributed by atoms with Gasteiger partial charge in [0, 0.05) is 10.8 Å². The number of rotatable bonds is 1. The van der Waals surface area contributed by atoms with Crippen LogP contribution in [-0.4, -0.2) is 15.2 Å². The first-order valence-electron chi connectivity index (χ1n) is 7.70. The Labute approximate surface area is 144 Å². The van der Waals surface area contributed by atoms with Crippen molar-refractivity contribution in [2.24, 2.45) is 5.92 Å². The van der Waals surface area contributed by atoms with Crippen LogP contribution in [0.3, 0.4) is 0 Å². The van der Waals surface area contributed by atoms with Crippen LogP contribution in [0.2, 0.25) is 0 Å². The third kappa shape index (κ3) is 2.35. The maximum Gasteiger partial charge on any atom is 0.157 e. The first-order valence-corrected chi connectivity index (χ1v) is 8.52. The zero-order valence-corrected chi connectivity index (χ0v) is 15.0. The molecule has 4 rings (SSSR count). The molecule has 2 N–H and O–H groups in total. The largest absolute Gasteiger partial charge is 0.504 e. The van der Waals surface area contributed by atoms with E-state index in [1.807, 2.05) is 11.3 Å². The number of phenols is 2. The van der Waals surface area contributed by atoms with E-state index >= 15 is 0 Å². The topological polar surface area (TPSA) is 53.4 Å². The number of benzene rings is 1. The average molecular weight is 382 g/mol. The molecule has 5 heteroatoms. The first kappa shape index (κ1) is 15.8. The monoisotopic (exact) mass is 381 g/mol. The lowest BCUT2D eigenvalue weighted by atomic mass is 9.69. The number of aryl methyl sites for hydroxylation is 3. The van der Waals surface area contributed by atoms with Crippen LogP contribution in [0.4, 0.5) is 0 Å². The van der Waals surface area contributed by atoms with Crippen molar-refractivity contribution in [2.75, 3.05) is 0 Å². The van der Waals surface area contributed by atoms with E-state index in [0.29, 0.717) is 11.8 Å². The Hall–Kier alpha value is -1.07. The molecule has 0 bridgehead atoms. The number of phenolic OH excluding ortho intramolecular Hbond substituents is 2. The summed E-state index contributed by atoms with van der Waals surface area (Å²) < 4.78 is 0. The molecule has 0 unspecified atom stereocenters. The zero-order chi connectivity index (χ0) is 14.6. The van der Waals surface area contributed by atoms with Gasteiger partial charge in [0.25, 0.3) is 0 Å². The van der Waals surface area contributed by atoms with Gasteiger partial charge in [-0.15, -0.1) is 28.3 Å². The highest BCUT2D eigenvalue weighted by Gasteiger charge is 2.37. The Morgan fingerprint density at radius 2 is 1.91 bits per heavy atom. The van der Waals surface area contributed by atoms with E-state index in [9.17, 15) is 10.2 Å². The minimum Gasteiger partial charge on any atom is -0.504 e. The molecular formula is C17H20BrNO2S. The van der Waals surface area contributed by atoms with Crippen LogP contribution in [0.15, 0.2) is 12.1 Å². The molecule has 0 aliphatic heterocycles. The van der Waals surface area contributed by atoms with Gasteiger partial charge in [-0.3, -0.25) is 0 Å². The lowest BCUT2D eigenvalue weighted by molar-refractivity contribution is 0.354. The van der Waals surface area contributed by atoms with Crippen molar-refractivity contribution in [1.29, 1.82) is 0 Å². The summed E-state index contributed by atoms with van der Waals surface area (Å²) in [5.41, 5.74) is 3.58. The van der Waals surface area contributed by atoms with Crippen LogP contribution in [0.1, 0.15) is 52.4 Å². The number of nitrogens with zero attached hydrogens (tertiary/aromatic N) is 1. The van der Waals surface area contributed by atoms with E-state index < -0.39 is 0 Å². The van der Waals surface area contributed by atoms with Crippen LogP contribution in [0.25, 0.3) is 0 Å². The van der Waals surface area contributed by atoms with Crippen LogP contribution >= 0.6 is 28.3 Å². The minimum atomic E-state index is -0.00697. The normalized spacial score (nSPS) is 22.2. The highest BCUT2D eigenvalue weighted by Crippen LogP contribution is 2.49. The number of fused-ring (bicyclic) bond motifs is 5. The van der Waals surface area contributed by atoms with Crippen molar-refractivity contribution >= 4 is 28.3 Å². The van der Waals surface area contributed by atoms with Crippen LogP contribution < -0.4 is 0 Å². The molecule has 1 aromatic carbocycles. The summed E-state index contributed by atoms with van der Waals surface area (Å²) >= 11 is 1.85. The number of hydrogen-bond acceptors (Lipinski definition) is 4. The molecule has 118 valence electrons. The second-order valence-electron chi connectivity index (χ2n) is 6.12. The summed E-state index contributed by atoms with van der Waals surface area (Å²) in [6, 6.07) is 3.50. The number of aromatic hydroxyl groups is 2. The van der Waals surface area contributed by atoms with E-state index in [0.717, 1.165) is 25.7 Å². The lowest BCUT2D eigenvalue weighted by Gasteiger charge is -2.36. The molecule has 1 aromatic heterocycles. The molecular weight excluding hydrogens is 362 g/mol. The van der Waals surface area contributed by atoms with Gasteiger partial charge in [0.2, 0.25) is 0 Å². The standard InChI is InChI=1S/C17H19NO2S.BrH/c1-2-15-18-17-14(21-15)6-5-9-3-4-10-7-12(19)13(20)8-11(10)16(9)17;/h7-9,16,19-20H,2-6H2,1H3;1H/t9-,16-;/m1./s1. The SMILES string of the molecule is Br.CCc1nc2c(s1)CC[C@H]1CCc3cc(O)c(O)cc3[C@H]21. The molecule has 0 saturated heterocycles. The third-order valence-corrected chi connectivity index (χ3v) is 6.21. The number of hydrogen-bond donors (Lipinski definition) is 2. The molecule has 2 aliphatic carbocycles. The van der Waals surface area contributed by atoms with Crippen molar-refractivity contribution < 1.29 is 10.2 Å². The number of aromatic nitrogens is 1. The van der Waals surface area contributed by atoms with Crippen molar-refractivity contribution in [2.45, 2.75) is 44.9 Å². The Kier molecular flexibility index (Phi) is 4.21. The van der Waals surface area contributed by atoms with Crippen molar-refractivity contribution in [3.8, 4) is 11.5 Å². The van der Waals surface area contributed by atoms with Gasteiger partial charge in [-0.25, -0.2) is 4.98 Å². The van der Waals surface area contributed by atoms with Crippen LogP contribution in [0.5, 0.6) is 11.5 Å². The Morgan fingerprint density at radius 3 is 2.68 bits per heavy atom. The van der Waals surface area contributed by atoms with E-state index in [-0.39, 0.29) is 28.5 Å². The molecule has 0 saturated carbocycles. The second kappa shape index (κ2) is 5.85. The molecule has 2 aromatic rings. The molecule has 2 atom stereocenters. The fourth-order valence-corrected chi connectivity index (χ4v) is 4.96. The van der Waals surface area contributed by atoms with Crippen LogP contribution in [-0.2, 0) is 19.3 Å². The van der Waals surface area contributed by atoms with Gasteiger partial charge in [-0.2, -0.15) is 0 Å². The van der Waals surface area contributed by atoms with Crippen LogP contribution in [0, 0.1) is 5.92 Å². The van der Waals surface area contributed by atoms with Gasteiger partial charge >= 0.3 is 0 Å². The maximum atomic E-state index is 9.90. The number of halogens is 1. The van der Waals surface area contributed by atoms with E-state index in [2.05, 4.69) is 6.92 Å². The quantitative estimate of drug-likeness (QED) is 0.722. The molecule has 0 spiro atoms. The first-order chi connectivity index (χ1) is 10.2. The third-order valence-electron chi connectivity index (χ3n) is 4.94. The summed E-state index contributed by atoms with van der Waals surface area (Å²) in [4.78, 5) is 6.30. The fourth-order valence-electron chi connectivity index (χ4n) is 3.89. The Balaban J connectivity index is 0.00000144. The van der Waals surface area contributed by atoms with Gasteiger partial charge in [0.05, 0.1) is 10.7 Å². The highest BCUT2D eigenvalue weighted by atomic mass is 79.9. The molecule has 0 radical (unpaired) electrons. The summed E-state index contributed by atoms with van der Waals surface area (Å²) in [7, 11) is 0. The van der Waals surface area contributed by atoms with E-state index in [4.69, 9.17) is 4.98 Å². The lowest BCUT2D eigenvalue weighted by Crippen LogP contribution is -2.26. The maximum absolute atomic E-state index is 9.90. The van der Waals surface area contributed by atoms with Gasteiger partial charge in [0.1, 0.15) is 0 Å². The average Bonchev–Trinajstić information content (AvgIpc) is 2.91. The van der Waals surface area contributed by atoms with Crippen molar-refractivity contribution in [3.63, 3.8) is 0 Å². The summed E-state index contributed by atoms with van der Waals surface area (Å²) in [6.07, 6.45) is 5.49. The second-order valence-corrected chi connectivity index (χ2v) is 7.29. The molecule has 22 heavy (non-hydrogen) atoms. The summed E-state index contributed by atoms with van der Waals surface area (Å²) in [6.45, 7) is 2.15. The van der Waals surface area contributed by atoms with Gasteiger partial charge in [-0.1, -0.05) is 6.92 Å². The predicted octanol–water partition coefficient (Wildman–Crippen LogP) is 4.34. The molecule has 0 amide bonds. The highest BCUT2D eigenvalue weighted by molar-refractivity contribution is 8.93. The molecule has 0 fully saturated rings. The summed E-state index contributed by atoms with van der Waals surface area (Å²) in [5.74, 6) is 0.921.